The maximum Gasteiger partial charge on any atom is 0.407 e. The van der Waals surface area contributed by atoms with E-state index in [0.717, 1.165) is 11.1 Å². The molecule has 2 amide bonds. The number of ether oxygens (including phenoxy) is 1. The molecule has 180 valence electrons. The van der Waals surface area contributed by atoms with Crippen molar-refractivity contribution in [2.75, 3.05) is 11.9 Å². The van der Waals surface area contributed by atoms with Crippen LogP contribution in [0, 0.1) is 6.92 Å². The average molecular weight is 473 g/mol. The molecule has 4 rings (SSSR count). The fraction of sp³-hybridized carbons (Fsp3) is 0.250. The van der Waals surface area contributed by atoms with Crippen molar-refractivity contribution >= 4 is 23.7 Å². The molecule has 0 bridgehead atoms. The molecule has 1 unspecified atom stereocenters. The van der Waals surface area contributed by atoms with Gasteiger partial charge in [-0.25, -0.2) is 9.59 Å². The number of carboxylic acids is 1. The molecular weight excluding hydrogens is 444 g/mol. The number of amides is 2. The highest BCUT2D eigenvalue weighted by Crippen LogP contribution is 2.44. The number of aryl methyl sites for hydroxylation is 1. The Hall–Kier alpha value is -4.13. The molecular formula is C28H28N2O5. The molecule has 0 spiro atoms. The first-order valence-corrected chi connectivity index (χ1v) is 11.6. The molecule has 0 fully saturated rings. The van der Waals surface area contributed by atoms with Gasteiger partial charge in [-0.3, -0.25) is 4.79 Å². The first kappa shape index (κ1) is 24.0. The second-order valence-corrected chi connectivity index (χ2v) is 8.79. The van der Waals surface area contributed by atoms with Crippen molar-refractivity contribution in [1.29, 1.82) is 0 Å². The van der Waals surface area contributed by atoms with Gasteiger partial charge in [0.25, 0.3) is 0 Å². The third kappa shape index (κ3) is 5.51. The monoisotopic (exact) mass is 472 g/mol. The molecule has 1 aliphatic carbocycles. The van der Waals surface area contributed by atoms with Crippen molar-refractivity contribution in [2.24, 2.45) is 0 Å². The van der Waals surface area contributed by atoms with Gasteiger partial charge in [-0.05, 0) is 60.2 Å². The van der Waals surface area contributed by atoms with E-state index < -0.39 is 12.1 Å². The molecule has 1 aliphatic rings. The Balaban J connectivity index is 1.26. The number of nitrogens with one attached hydrogen (secondary N) is 2. The maximum absolute atomic E-state index is 12.4. The molecule has 1 atom stereocenters. The summed E-state index contributed by atoms with van der Waals surface area (Å²) in [5.41, 5.74) is 5.82. The van der Waals surface area contributed by atoms with Gasteiger partial charge in [-0.15, -0.1) is 0 Å². The van der Waals surface area contributed by atoms with Crippen molar-refractivity contribution in [1.82, 2.24) is 5.32 Å². The number of aromatic carboxylic acids is 1. The van der Waals surface area contributed by atoms with Crippen molar-refractivity contribution in [3.8, 4) is 11.1 Å². The third-order valence-corrected chi connectivity index (χ3v) is 6.26. The molecule has 0 heterocycles. The van der Waals surface area contributed by atoms with Crippen molar-refractivity contribution in [2.45, 2.75) is 38.6 Å². The van der Waals surface area contributed by atoms with Crippen molar-refractivity contribution in [3.05, 3.63) is 89.0 Å². The lowest BCUT2D eigenvalue weighted by Crippen LogP contribution is -2.34. The van der Waals surface area contributed by atoms with Gasteiger partial charge in [0.05, 0.1) is 5.56 Å². The van der Waals surface area contributed by atoms with Crippen LogP contribution in [0.1, 0.15) is 52.7 Å². The molecule has 7 heteroatoms. The number of benzene rings is 3. The third-order valence-electron chi connectivity index (χ3n) is 6.26. The van der Waals surface area contributed by atoms with E-state index in [-0.39, 0.29) is 36.5 Å². The van der Waals surface area contributed by atoms with E-state index in [4.69, 9.17) is 4.74 Å². The first-order valence-electron chi connectivity index (χ1n) is 11.6. The fourth-order valence-corrected chi connectivity index (χ4v) is 4.41. The van der Waals surface area contributed by atoms with Gasteiger partial charge in [-0.2, -0.15) is 0 Å². The summed E-state index contributed by atoms with van der Waals surface area (Å²) in [5, 5.41) is 14.7. The number of hydrogen-bond acceptors (Lipinski definition) is 4. The fourth-order valence-electron chi connectivity index (χ4n) is 4.41. The Labute approximate surface area is 204 Å². The summed E-state index contributed by atoms with van der Waals surface area (Å²) < 4.78 is 5.55. The van der Waals surface area contributed by atoms with E-state index in [2.05, 4.69) is 34.9 Å². The number of fused-ring (bicyclic) bond motifs is 3. The predicted molar refractivity (Wildman–Crippen MR) is 134 cm³/mol. The van der Waals surface area contributed by atoms with Gasteiger partial charge < -0.3 is 20.5 Å². The van der Waals surface area contributed by atoms with Gasteiger partial charge in [0, 0.05) is 24.1 Å². The van der Waals surface area contributed by atoms with Crippen LogP contribution >= 0.6 is 0 Å². The number of carbonyl (C=O) groups is 3. The summed E-state index contributed by atoms with van der Waals surface area (Å²) in [4.78, 5) is 36.0. The maximum atomic E-state index is 12.4. The van der Waals surface area contributed by atoms with Crippen LogP contribution in [0.25, 0.3) is 11.1 Å². The highest BCUT2D eigenvalue weighted by atomic mass is 16.5. The van der Waals surface area contributed by atoms with Crippen LogP contribution in [0.15, 0.2) is 66.7 Å². The van der Waals surface area contributed by atoms with Crippen LogP contribution < -0.4 is 10.6 Å². The zero-order chi connectivity index (χ0) is 24.9. The smallest absolute Gasteiger partial charge is 0.407 e. The Morgan fingerprint density at radius 1 is 0.971 bits per heavy atom. The SMILES string of the molecule is Cc1ccc(NC(=O)CCC(C)NC(=O)OCC2c3ccccc3-c3ccccc32)cc1C(=O)O. The lowest BCUT2D eigenvalue weighted by atomic mass is 9.98. The van der Waals surface area contributed by atoms with Crippen LogP contribution in [0.2, 0.25) is 0 Å². The van der Waals surface area contributed by atoms with Crippen molar-refractivity contribution < 1.29 is 24.2 Å². The lowest BCUT2D eigenvalue weighted by Gasteiger charge is -2.17. The number of carbonyl (C=O) groups excluding carboxylic acids is 2. The summed E-state index contributed by atoms with van der Waals surface area (Å²) in [6.07, 6.45) is 0.0545. The second kappa shape index (κ2) is 10.4. The van der Waals surface area contributed by atoms with Gasteiger partial charge >= 0.3 is 12.1 Å². The Morgan fingerprint density at radius 3 is 2.23 bits per heavy atom. The number of rotatable bonds is 8. The normalized spacial score (nSPS) is 12.9. The second-order valence-electron chi connectivity index (χ2n) is 8.79. The number of carboxylic acid groups (broad SMARTS) is 1. The van der Waals surface area contributed by atoms with Crippen LogP contribution in [0.4, 0.5) is 10.5 Å². The Bertz CT molecular complexity index is 1220. The number of hydrogen-bond donors (Lipinski definition) is 3. The minimum atomic E-state index is -1.04. The summed E-state index contributed by atoms with van der Waals surface area (Å²) in [6.45, 7) is 3.74. The topological polar surface area (TPSA) is 105 Å². The predicted octanol–water partition coefficient (Wildman–Crippen LogP) is 5.34. The zero-order valence-electron chi connectivity index (χ0n) is 19.7. The minimum Gasteiger partial charge on any atom is -0.478 e. The summed E-state index contributed by atoms with van der Waals surface area (Å²) in [5.74, 6) is -1.31. The highest BCUT2D eigenvalue weighted by molar-refractivity contribution is 5.94. The van der Waals surface area contributed by atoms with Crippen LogP contribution in [-0.2, 0) is 9.53 Å². The molecule has 3 aromatic carbocycles. The molecule has 3 N–H and O–H groups in total. The van der Waals surface area contributed by atoms with E-state index in [9.17, 15) is 19.5 Å². The average Bonchev–Trinajstić information content (AvgIpc) is 3.16. The molecule has 0 radical (unpaired) electrons. The van der Waals surface area contributed by atoms with E-state index >= 15 is 0 Å². The van der Waals surface area contributed by atoms with E-state index in [0.29, 0.717) is 17.7 Å². The molecule has 3 aromatic rings. The van der Waals surface area contributed by atoms with E-state index in [1.165, 1.54) is 17.2 Å². The quantitative estimate of drug-likeness (QED) is 0.411. The van der Waals surface area contributed by atoms with Gasteiger partial charge in [-0.1, -0.05) is 54.6 Å². The van der Waals surface area contributed by atoms with Gasteiger partial charge in [0.15, 0.2) is 0 Å². The van der Waals surface area contributed by atoms with Crippen molar-refractivity contribution in [3.63, 3.8) is 0 Å². The van der Waals surface area contributed by atoms with Gasteiger partial charge in [0.2, 0.25) is 5.91 Å². The molecule has 0 aliphatic heterocycles. The standard InChI is InChI=1S/C28H28N2O5/c1-17-11-13-19(15-24(17)27(32)33)30-26(31)14-12-18(2)29-28(34)35-16-25-22-9-5-3-7-20(22)21-8-4-6-10-23(21)25/h3-11,13,15,18,25H,12,14,16H2,1-2H3,(H,29,34)(H,30,31)(H,32,33). The number of alkyl carbamates (subject to hydrolysis) is 1. The Morgan fingerprint density at radius 2 is 1.60 bits per heavy atom. The summed E-state index contributed by atoms with van der Waals surface area (Å²) in [7, 11) is 0. The zero-order valence-corrected chi connectivity index (χ0v) is 19.7. The largest absolute Gasteiger partial charge is 0.478 e. The van der Waals surface area contributed by atoms with Crippen LogP contribution in [-0.4, -0.2) is 35.7 Å². The first-order chi connectivity index (χ1) is 16.8. The number of anilines is 1. The molecule has 35 heavy (non-hydrogen) atoms. The van der Waals surface area contributed by atoms with E-state index in [1.807, 2.05) is 31.2 Å². The molecule has 0 saturated heterocycles. The highest BCUT2D eigenvalue weighted by Gasteiger charge is 2.29. The van der Waals surface area contributed by atoms with Crippen LogP contribution in [0.5, 0.6) is 0 Å². The van der Waals surface area contributed by atoms with Crippen LogP contribution in [0.3, 0.4) is 0 Å². The summed E-state index contributed by atoms with van der Waals surface area (Å²) in [6, 6.07) is 20.8. The lowest BCUT2D eigenvalue weighted by molar-refractivity contribution is -0.116. The summed E-state index contributed by atoms with van der Waals surface area (Å²) >= 11 is 0. The Kier molecular flexibility index (Phi) is 7.15. The van der Waals surface area contributed by atoms with Gasteiger partial charge in [0.1, 0.15) is 6.61 Å². The van der Waals surface area contributed by atoms with E-state index in [1.54, 1.807) is 19.1 Å². The molecule has 7 nitrogen and oxygen atoms in total. The molecule has 0 aromatic heterocycles. The minimum absolute atomic E-state index is 0.0144. The molecule has 0 saturated carbocycles.